The Morgan fingerprint density at radius 1 is 1.35 bits per heavy atom. The van der Waals surface area contributed by atoms with Crippen molar-refractivity contribution in [2.45, 2.75) is 9.79 Å². The summed E-state index contributed by atoms with van der Waals surface area (Å²) in [6.45, 7) is 0. The van der Waals surface area contributed by atoms with Gasteiger partial charge in [0.15, 0.2) is 6.20 Å². The van der Waals surface area contributed by atoms with Crippen molar-refractivity contribution in [3.05, 3.63) is 58.0 Å². The summed E-state index contributed by atoms with van der Waals surface area (Å²) in [5, 5.41) is 19.3. The van der Waals surface area contributed by atoms with E-state index in [1.54, 1.807) is 0 Å². The van der Waals surface area contributed by atoms with Gasteiger partial charge in [0.25, 0.3) is 0 Å². The van der Waals surface area contributed by atoms with Crippen molar-refractivity contribution in [3.8, 4) is 0 Å². The highest BCUT2D eigenvalue weighted by Gasteiger charge is 2.12. The molecule has 0 unspecified atom stereocenters. The highest BCUT2D eigenvalue weighted by Crippen LogP contribution is 2.30. The van der Waals surface area contributed by atoms with Gasteiger partial charge >= 0.3 is 11.8 Å². The first-order chi connectivity index (χ1) is 9.47. The zero-order chi connectivity index (χ0) is 14.7. The fourth-order valence-electron chi connectivity index (χ4n) is 1.38. The van der Waals surface area contributed by atoms with Crippen LogP contribution in [0.25, 0.3) is 0 Å². The Balaban J connectivity index is 2.27. The topological polar surface area (TPSA) is 93.3 Å². The number of aromatic carboxylic acids is 1. The first kappa shape index (κ1) is 13.9. The molecule has 2 aromatic rings. The molecule has 2 rings (SSSR count). The molecule has 1 aromatic carbocycles. The Hall–Kier alpha value is -2.48. The third-order valence-corrected chi connectivity index (χ3v) is 3.32. The predicted octanol–water partition coefficient (Wildman–Crippen LogP) is 2.98. The molecule has 0 aliphatic rings. The van der Waals surface area contributed by atoms with Crippen LogP contribution in [0.15, 0.2) is 46.3 Å². The Kier molecular flexibility index (Phi) is 3.94. The summed E-state index contributed by atoms with van der Waals surface area (Å²) in [5.74, 6) is -2.04. The Labute approximate surface area is 116 Å². The molecule has 6 nitrogen and oxygen atoms in total. The molecule has 0 aliphatic carbocycles. The van der Waals surface area contributed by atoms with Gasteiger partial charge in [0.05, 0.1) is 10.5 Å². The largest absolute Gasteiger partial charge is 0.478 e. The number of rotatable bonds is 4. The maximum absolute atomic E-state index is 13.6. The van der Waals surface area contributed by atoms with Gasteiger partial charge in [-0.15, -0.1) is 0 Å². The molecule has 0 saturated heterocycles. The predicted molar refractivity (Wildman–Crippen MR) is 68.4 cm³/mol. The molecule has 0 radical (unpaired) electrons. The Morgan fingerprint density at radius 2 is 2.10 bits per heavy atom. The molecule has 0 bridgehead atoms. The number of nitrogens with zero attached hydrogens (tertiary/aromatic N) is 2. The van der Waals surface area contributed by atoms with Crippen molar-refractivity contribution < 1.29 is 19.2 Å². The van der Waals surface area contributed by atoms with Crippen LogP contribution < -0.4 is 0 Å². The third-order valence-electron chi connectivity index (χ3n) is 2.31. The molecule has 0 fully saturated rings. The van der Waals surface area contributed by atoms with E-state index in [1.807, 2.05) is 0 Å². The van der Waals surface area contributed by atoms with E-state index in [2.05, 4.69) is 4.98 Å². The third kappa shape index (κ3) is 3.09. The quantitative estimate of drug-likeness (QED) is 0.688. The molecular weight excluding hydrogens is 287 g/mol. The number of carboxylic acid groups (broad SMARTS) is 1. The summed E-state index contributed by atoms with van der Waals surface area (Å²) in [7, 11) is 0. The number of benzene rings is 1. The van der Waals surface area contributed by atoms with E-state index in [0.29, 0.717) is 4.90 Å². The van der Waals surface area contributed by atoms with Crippen molar-refractivity contribution in [3.63, 3.8) is 0 Å². The lowest BCUT2D eigenvalue weighted by atomic mass is 10.2. The smallest absolute Gasteiger partial charge is 0.363 e. The molecule has 102 valence electrons. The normalized spacial score (nSPS) is 10.2. The number of carboxylic acids is 1. The summed E-state index contributed by atoms with van der Waals surface area (Å²) >= 11 is 0.943. The van der Waals surface area contributed by atoms with Crippen LogP contribution in [0.4, 0.5) is 10.2 Å². The van der Waals surface area contributed by atoms with E-state index >= 15 is 0 Å². The molecule has 0 spiro atoms. The van der Waals surface area contributed by atoms with Crippen LogP contribution in [0.1, 0.15) is 10.4 Å². The summed E-state index contributed by atoms with van der Waals surface area (Å²) in [6, 6.07) is 6.04. The minimum absolute atomic E-state index is 0.0382. The minimum atomic E-state index is -1.16. The van der Waals surface area contributed by atoms with Gasteiger partial charge in [-0.25, -0.2) is 9.18 Å². The average molecular weight is 294 g/mol. The fraction of sp³-hybridized carbons (Fsp3) is 0. The molecule has 1 N–H and O–H groups in total. The molecule has 20 heavy (non-hydrogen) atoms. The molecule has 0 amide bonds. The van der Waals surface area contributed by atoms with Crippen molar-refractivity contribution >= 4 is 23.5 Å². The van der Waals surface area contributed by atoms with E-state index in [4.69, 9.17) is 5.11 Å². The number of nitro groups is 1. The molecule has 0 saturated carbocycles. The van der Waals surface area contributed by atoms with Crippen LogP contribution >= 0.6 is 11.8 Å². The van der Waals surface area contributed by atoms with Crippen molar-refractivity contribution in [1.29, 1.82) is 0 Å². The maximum atomic E-state index is 13.6. The summed E-state index contributed by atoms with van der Waals surface area (Å²) < 4.78 is 13.6. The highest BCUT2D eigenvalue weighted by atomic mass is 32.2. The van der Waals surface area contributed by atoms with Gasteiger partial charge in [-0.3, -0.25) is 0 Å². The fourth-order valence-corrected chi connectivity index (χ4v) is 2.23. The Bertz CT molecular complexity index is 676. The van der Waals surface area contributed by atoms with Crippen LogP contribution in [-0.4, -0.2) is 21.0 Å². The summed E-state index contributed by atoms with van der Waals surface area (Å²) in [4.78, 5) is 24.8. The monoisotopic (exact) mass is 294 g/mol. The van der Waals surface area contributed by atoms with E-state index in [1.165, 1.54) is 24.4 Å². The second-order valence-corrected chi connectivity index (χ2v) is 4.78. The number of aromatic nitrogens is 1. The number of pyridine rings is 1. The first-order valence-electron chi connectivity index (χ1n) is 5.28. The zero-order valence-electron chi connectivity index (χ0n) is 9.82. The van der Waals surface area contributed by atoms with Crippen LogP contribution in [0.2, 0.25) is 0 Å². The summed E-state index contributed by atoms with van der Waals surface area (Å²) in [6.07, 6.45) is 1.23. The van der Waals surface area contributed by atoms with Gasteiger partial charge < -0.3 is 15.2 Å². The van der Waals surface area contributed by atoms with Gasteiger partial charge in [-0.1, -0.05) is 11.8 Å². The van der Waals surface area contributed by atoms with E-state index in [0.717, 1.165) is 23.9 Å². The number of hydrogen-bond donors (Lipinski definition) is 1. The lowest BCUT2D eigenvalue weighted by Gasteiger charge is -2.03. The molecule has 8 heteroatoms. The van der Waals surface area contributed by atoms with Gasteiger partial charge in [-0.2, -0.15) is 0 Å². The standard InChI is InChI=1S/C12H7FN2O4S/c13-9-3-1-7(12(16)17)5-10(9)20-8-2-4-11(14-6-8)15(18)19/h1-6H,(H,16,17). The second-order valence-electron chi connectivity index (χ2n) is 3.66. The number of carbonyl (C=O) groups is 1. The maximum Gasteiger partial charge on any atom is 0.363 e. The molecule has 0 aliphatic heterocycles. The van der Waals surface area contributed by atoms with Gasteiger partial charge in [0.1, 0.15) is 5.82 Å². The van der Waals surface area contributed by atoms with Crippen LogP contribution in [0.5, 0.6) is 0 Å². The molecular formula is C12H7FN2O4S. The van der Waals surface area contributed by atoms with Crippen LogP contribution in [0.3, 0.4) is 0 Å². The second kappa shape index (κ2) is 5.66. The lowest BCUT2D eigenvalue weighted by molar-refractivity contribution is -0.389. The van der Waals surface area contributed by atoms with Gasteiger partial charge in [0.2, 0.25) is 0 Å². The molecule has 1 heterocycles. The molecule has 0 atom stereocenters. The van der Waals surface area contributed by atoms with E-state index in [9.17, 15) is 19.3 Å². The van der Waals surface area contributed by atoms with Gasteiger partial charge in [-0.05, 0) is 34.2 Å². The summed E-state index contributed by atoms with van der Waals surface area (Å²) in [5.41, 5.74) is -0.0382. The number of halogens is 1. The van der Waals surface area contributed by atoms with E-state index in [-0.39, 0.29) is 16.3 Å². The lowest BCUT2D eigenvalue weighted by Crippen LogP contribution is -1.97. The van der Waals surface area contributed by atoms with Crippen LogP contribution in [-0.2, 0) is 0 Å². The molecule has 1 aromatic heterocycles. The van der Waals surface area contributed by atoms with Crippen molar-refractivity contribution in [2.24, 2.45) is 0 Å². The average Bonchev–Trinajstić information content (AvgIpc) is 2.41. The zero-order valence-corrected chi connectivity index (χ0v) is 10.6. The van der Waals surface area contributed by atoms with Gasteiger partial charge in [0, 0.05) is 11.0 Å². The van der Waals surface area contributed by atoms with Crippen molar-refractivity contribution in [2.75, 3.05) is 0 Å². The highest BCUT2D eigenvalue weighted by molar-refractivity contribution is 7.99. The number of hydrogen-bond acceptors (Lipinski definition) is 5. The minimum Gasteiger partial charge on any atom is -0.478 e. The SMILES string of the molecule is O=C(O)c1ccc(F)c(Sc2ccc([N+](=O)[O-])nc2)c1. The van der Waals surface area contributed by atoms with Crippen molar-refractivity contribution in [1.82, 2.24) is 4.98 Å². The first-order valence-corrected chi connectivity index (χ1v) is 6.10. The van der Waals surface area contributed by atoms with E-state index < -0.39 is 16.7 Å². The van der Waals surface area contributed by atoms with Crippen LogP contribution in [0, 0.1) is 15.9 Å². The Morgan fingerprint density at radius 3 is 2.65 bits per heavy atom.